The predicted molar refractivity (Wildman–Crippen MR) is 67.4 cm³/mol. The van der Waals surface area contributed by atoms with E-state index in [2.05, 4.69) is 22.5 Å². The van der Waals surface area contributed by atoms with Gasteiger partial charge < -0.3 is 5.32 Å². The number of halogens is 1. The van der Waals surface area contributed by atoms with Gasteiger partial charge in [-0.1, -0.05) is 23.8 Å². The second kappa shape index (κ2) is 6.02. The monoisotopic (exact) mass is 236 g/mol. The number of pyridine rings is 1. The first-order valence-corrected chi connectivity index (χ1v) is 6.18. The summed E-state index contributed by atoms with van der Waals surface area (Å²) in [7, 11) is 0. The van der Waals surface area contributed by atoms with Crippen LogP contribution in [0.1, 0.15) is 24.8 Å². The Morgan fingerprint density at radius 1 is 1.44 bits per heavy atom. The molecule has 0 aromatic carbocycles. The van der Waals surface area contributed by atoms with Gasteiger partial charge in [-0.05, 0) is 43.4 Å². The summed E-state index contributed by atoms with van der Waals surface area (Å²) in [5.74, 6) is 0.783. The Hall–Kier alpha value is -0.860. The second-order valence-electron chi connectivity index (χ2n) is 4.25. The third-order valence-electron chi connectivity index (χ3n) is 2.98. The molecule has 2 nitrogen and oxygen atoms in total. The summed E-state index contributed by atoms with van der Waals surface area (Å²) in [6, 6.07) is 1.97. The van der Waals surface area contributed by atoms with Crippen molar-refractivity contribution in [3.8, 4) is 0 Å². The van der Waals surface area contributed by atoms with Gasteiger partial charge in [0.25, 0.3) is 0 Å². The second-order valence-corrected chi connectivity index (χ2v) is 4.66. The van der Waals surface area contributed by atoms with Crippen molar-refractivity contribution in [2.75, 3.05) is 6.54 Å². The summed E-state index contributed by atoms with van der Waals surface area (Å²) in [6.45, 7) is 1.91. The van der Waals surface area contributed by atoms with E-state index in [0.29, 0.717) is 0 Å². The molecule has 1 unspecified atom stereocenters. The normalized spacial score (nSPS) is 19.9. The lowest BCUT2D eigenvalue weighted by Crippen LogP contribution is -2.23. The van der Waals surface area contributed by atoms with Crippen LogP contribution in [0.4, 0.5) is 0 Å². The van der Waals surface area contributed by atoms with Crippen LogP contribution >= 0.6 is 11.6 Å². The SMILES string of the molecule is Clc1cnccc1CNCC1CC=CCC1. The molecule has 1 atom stereocenters. The maximum atomic E-state index is 6.03. The van der Waals surface area contributed by atoms with Crippen LogP contribution in [0.15, 0.2) is 30.6 Å². The molecule has 1 aliphatic carbocycles. The summed E-state index contributed by atoms with van der Waals surface area (Å²) < 4.78 is 0. The molecule has 0 spiro atoms. The molecule has 0 saturated heterocycles. The standard InChI is InChI=1S/C13H17ClN2/c14-13-10-15-7-6-12(13)9-16-8-11-4-2-1-3-5-11/h1-2,6-7,10-11,16H,3-5,8-9H2. The van der Waals surface area contributed by atoms with Crippen LogP contribution in [0.5, 0.6) is 0 Å². The maximum Gasteiger partial charge on any atom is 0.0634 e. The highest BCUT2D eigenvalue weighted by Crippen LogP contribution is 2.17. The Morgan fingerprint density at radius 2 is 2.38 bits per heavy atom. The number of allylic oxidation sites excluding steroid dienone is 2. The van der Waals surface area contributed by atoms with Crippen molar-refractivity contribution in [1.29, 1.82) is 0 Å². The smallest absolute Gasteiger partial charge is 0.0634 e. The first-order valence-electron chi connectivity index (χ1n) is 5.80. The van der Waals surface area contributed by atoms with E-state index in [1.807, 2.05) is 6.07 Å². The molecule has 0 amide bonds. The minimum atomic E-state index is 0.749. The number of rotatable bonds is 4. The van der Waals surface area contributed by atoms with E-state index in [1.54, 1.807) is 12.4 Å². The lowest BCUT2D eigenvalue weighted by atomic mass is 9.94. The molecular formula is C13H17ClN2. The van der Waals surface area contributed by atoms with Gasteiger partial charge in [0, 0.05) is 18.9 Å². The van der Waals surface area contributed by atoms with E-state index in [9.17, 15) is 0 Å². The van der Waals surface area contributed by atoms with Crippen LogP contribution in [0, 0.1) is 5.92 Å². The molecule has 1 heterocycles. The summed E-state index contributed by atoms with van der Waals surface area (Å²) >= 11 is 6.03. The number of nitrogens with zero attached hydrogens (tertiary/aromatic N) is 1. The first-order chi connectivity index (χ1) is 7.86. The van der Waals surface area contributed by atoms with E-state index >= 15 is 0 Å². The highest BCUT2D eigenvalue weighted by Gasteiger charge is 2.09. The zero-order chi connectivity index (χ0) is 11.2. The summed E-state index contributed by atoms with van der Waals surface area (Å²) in [4.78, 5) is 3.97. The largest absolute Gasteiger partial charge is 0.312 e. The summed E-state index contributed by atoms with van der Waals surface area (Å²) in [5.41, 5.74) is 1.13. The lowest BCUT2D eigenvalue weighted by molar-refractivity contribution is 0.440. The lowest BCUT2D eigenvalue weighted by Gasteiger charge is -2.18. The Kier molecular flexibility index (Phi) is 4.37. The van der Waals surface area contributed by atoms with Crippen LogP contribution in [0.2, 0.25) is 5.02 Å². The van der Waals surface area contributed by atoms with Crippen molar-refractivity contribution < 1.29 is 0 Å². The van der Waals surface area contributed by atoms with Gasteiger partial charge >= 0.3 is 0 Å². The molecular weight excluding hydrogens is 220 g/mol. The molecule has 16 heavy (non-hydrogen) atoms. The maximum absolute atomic E-state index is 6.03. The first kappa shape index (κ1) is 11.6. The fourth-order valence-corrected chi connectivity index (χ4v) is 2.19. The fourth-order valence-electron chi connectivity index (χ4n) is 2.00. The number of hydrogen-bond acceptors (Lipinski definition) is 2. The summed E-state index contributed by atoms with van der Waals surface area (Å²) in [6.07, 6.45) is 11.8. The van der Waals surface area contributed by atoms with Crippen LogP contribution < -0.4 is 5.32 Å². The third kappa shape index (κ3) is 3.32. The van der Waals surface area contributed by atoms with E-state index < -0.39 is 0 Å². The third-order valence-corrected chi connectivity index (χ3v) is 3.32. The Labute approximate surface area is 102 Å². The van der Waals surface area contributed by atoms with Gasteiger partial charge in [-0.2, -0.15) is 0 Å². The molecule has 0 saturated carbocycles. The predicted octanol–water partition coefficient (Wildman–Crippen LogP) is 3.18. The van der Waals surface area contributed by atoms with Crippen molar-refractivity contribution >= 4 is 11.6 Å². The molecule has 86 valence electrons. The number of nitrogens with one attached hydrogen (secondary N) is 1. The van der Waals surface area contributed by atoms with E-state index in [1.165, 1.54) is 19.3 Å². The van der Waals surface area contributed by atoms with Gasteiger partial charge in [0.1, 0.15) is 0 Å². The van der Waals surface area contributed by atoms with Gasteiger partial charge in [-0.3, -0.25) is 4.98 Å². The Bertz CT molecular complexity index is 363. The zero-order valence-electron chi connectivity index (χ0n) is 9.32. The molecule has 0 bridgehead atoms. The topological polar surface area (TPSA) is 24.9 Å². The van der Waals surface area contributed by atoms with Gasteiger partial charge in [0.05, 0.1) is 5.02 Å². The van der Waals surface area contributed by atoms with Crippen LogP contribution in [0.3, 0.4) is 0 Å². The molecule has 0 radical (unpaired) electrons. The molecule has 1 N–H and O–H groups in total. The van der Waals surface area contributed by atoms with Crippen LogP contribution in [-0.4, -0.2) is 11.5 Å². The van der Waals surface area contributed by atoms with Gasteiger partial charge in [-0.15, -0.1) is 0 Å². The Balaban J connectivity index is 1.75. The van der Waals surface area contributed by atoms with E-state index in [4.69, 9.17) is 11.6 Å². The average molecular weight is 237 g/mol. The highest BCUT2D eigenvalue weighted by molar-refractivity contribution is 6.31. The van der Waals surface area contributed by atoms with Crippen molar-refractivity contribution in [2.45, 2.75) is 25.8 Å². The molecule has 0 aliphatic heterocycles. The molecule has 1 aromatic rings. The van der Waals surface area contributed by atoms with Crippen LogP contribution in [0.25, 0.3) is 0 Å². The van der Waals surface area contributed by atoms with Gasteiger partial charge in [-0.25, -0.2) is 0 Å². The summed E-state index contributed by atoms with van der Waals surface area (Å²) in [5, 5.41) is 4.21. The van der Waals surface area contributed by atoms with E-state index in [0.717, 1.165) is 29.6 Å². The van der Waals surface area contributed by atoms with Crippen LogP contribution in [-0.2, 0) is 6.54 Å². The van der Waals surface area contributed by atoms with Crippen molar-refractivity contribution in [3.63, 3.8) is 0 Å². The van der Waals surface area contributed by atoms with Gasteiger partial charge in [0.15, 0.2) is 0 Å². The van der Waals surface area contributed by atoms with Crippen molar-refractivity contribution in [3.05, 3.63) is 41.2 Å². The van der Waals surface area contributed by atoms with E-state index in [-0.39, 0.29) is 0 Å². The molecule has 1 aliphatic rings. The quantitative estimate of drug-likeness (QED) is 0.813. The fraction of sp³-hybridized carbons (Fsp3) is 0.462. The average Bonchev–Trinajstić information content (AvgIpc) is 2.33. The zero-order valence-corrected chi connectivity index (χ0v) is 10.1. The Morgan fingerprint density at radius 3 is 3.12 bits per heavy atom. The minimum absolute atomic E-state index is 0.749. The van der Waals surface area contributed by atoms with Crippen molar-refractivity contribution in [1.82, 2.24) is 10.3 Å². The number of aromatic nitrogens is 1. The molecule has 3 heteroatoms. The number of hydrogen-bond donors (Lipinski definition) is 1. The molecule has 0 fully saturated rings. The molecule has 2 rings (SSSR count). The molecule has 1 aromatic heterocycles. The highest BCUT2D eigenvalue weighted by atomic mass is 35.5. The van der Waals surface area contributed by atoms with Crippen molar-refractivity contribution in [2.24, 2.45) is 5.92 Å². The van der Waals surface area contributed by atoms with Gasteiger partial charge in [0.2, 0.25) is 0 Å². The minimum Gasteiger partial charge on any atom is -0.312 e.